The molecule has 0 saturated carbocycles. The van der Waals surface area contributed by atoms with E-state index < -0.39 is 0 Å². The molecule has 0 bridgehead atoms. The van der Waals surface area contributed by atoms with Crippen LogP contribution in [0, 0.1) is 6.92 Å². The van der Waals surface area contributed by atoms with Crippen LogP contribution in [0.3, 0.4) is 0 Å². The van der Waals surface area contributed by atoms with Crippen LogP contribution in [0.15, 0.2) is 74.1 Å². The van der Waals surface area contributed by atoms with Crippen molar-refractivity contribution < 1.29 is 4.79 Å². The molecule has 0 aromatic carbocycles. The minimum atomic E-state index is -0.0137. The highest BCUT2D eigenvalue weighted by Gasteiger charge is 2.19. The molecule has 0 radical (unpaired) electrons. The third-order valence-corrected chi connectivity index (χ3v) is 11.1. The number of carbonyl (C=O) groups is 1. The number of anilines is 4. The quantitative estimate of drug-likeness (QED) is 0.138. The molecule has 0 aliphatic heterocycles. The lowest BCUT2D eigenvalue weighted by molar-refractivity contribution is 0.0831. The molecular formula is C38H41N17OS2. The van der Waals surface area contributed by atoms with E-state index in [1.165, 1.54) is 22.7 Å². The highest BCUT2D eigenvalue weighted by molar-refractivity contribution is 7.22. The van der Waals surface area contributed by atoms with Crippen molar-refractivity contribution in [2.45, 2.75) is 19.8 Å². The van der Waals surface area contributed by atoms with Gasteiger partial charge in [-0.15, -0.1) is 11.3 Å². The van der Waals surface area contributed by atoms with Crippen LogP contribution in [0.5, 0.6) is 0 Å². The molecule has 0 aliphatic rings. The van der Waals surface area contributed by atoms with Crippen LogP contribution in [0.25, 0.3) is 44.2 Å². The number of nitrogens with two attached hydrogens (primary N) is 2. The number of aryl methyl sites for hydroxylation is 3. The largest absolute Gasteiger partial charge is 0.344 e. The first-order valence-corrected chi connectivity index (χ1v) is 19.9. The molecule has 58 heavy (non-hydrogen) atoms. The van der Waals surface area contributed by atoms with Gasteiger partial charge in [0, 0.05) is 95.4 Å². The van der Waals surface area contributed by atoms with E-state index in [9.17, 15) is 4.79 Å². The molecule has 0 spiro atoms. The summed E-state index contributed by atoms with van der Waals surface area (Å²) in [5.41, 5.74) is 20.3. The van der Waals surface area contributed by atoms with E-state index in [-0.39, 0.29) is 5.91 Å². The standard InChI is InChI=1S/C20H24N8OS.C18H17N9S/c1-12-7-16(30-17(12)20(29)26(2)3)25-18-19-22-9-15(13-8-23-27(4)10-13)28(19)11-14(24-18)5-6-21;1-26-9-11(7-23-26)14-8-22-17-16(24-12(2-3-19)10-27(14)17)25-15-6-13-18(28-15)21-5-4-20-13/h7-11H,5-6,21H2,1-4H3,(H,24,25);4-10H,2-3,19H2,1H3,(H,24,25). The first kappa shape index (κ1) is 38.3. The Morgan fingerprint density at radius 2 is 1.26 bits per heavy atom. The van der Waals surface area contributed by atoms with Gasteiger partial charge in [0.25, 0.3) is 5.91 Å². The van der Waals surface area contributed by atoms with Gasteiger partial charge in [0.2, 0.25) is 0 Å². The van der Waals surface area contributed by atoms with E-state index in [2.05, 4.69) is 40.8 Å². The summed E-state index contributed by atoms with van der Waals surface area (Å²) >= 11 is 2.93. The summed E-state index contributed by atoms with van der Waals surface area (Å²) in [7, 11) is 7.28. The average Bonchev–Trinajstić information content (AvgIpc) is 4.06. The van der Waals surface area contributed by atoms with Gasteiger partial charge in [-0.05, 0) is 31.6 Å². The molecule has 9 aromatic heterocycles. The Hall–Kier alpha value is -6.61. The van der Waals surface area contributed by atoms with Gasteiger partial charge in [-0.1, -0.05) is 11.3 Å². The number of amides is 1. The Kier molecular flexibility index (Phi) is 10.6. The number of hydrogen-bond donors (Lipinski definition) is 4. The van der Waals surface area contributed by atoms with Crippen molar-refractivity contribution in [1.29, 1.82) is 0 Å². The normalized spacial score (nSPS) is 11.4. The molecule has 20 heteroatoms. The lowest BCUT2D eigenvalue weighted by atomic mass is 10.2. The van der Waals surface area contributed by atoms with Gasteiger partial charge < -0.3 is 27.0 Å². The smallest absolute Gasteiger partial charge is 0.263 e. The summed E-state index contributed by atoms with van der Waals surface area (Å²) in [4.78, 5) is 42.9. The van der Waals surface area contributed by atoms with Crippen molar-refractivity contribution in [1.82, 2.24) is 63.2 Å². The molecule has 296 valence electrons. The third kappa shape index (κ3) is 7.72. The summed E-state index contributed by atoms with van der Waals surface area (Å²) in [6, 6.07) is 3.92. The third-order valence-electron chi connectivity index (χ3n) is 9.05. The van der Waals surface area contributed by atoms with Crippen LogP contribution >= 0.6 is 22.7 Å². The summed E-state index contributed by atoms with van der Waals surface area (Å²) < 4.78 is 7.56. The van der Waals surface area contributed by atoms with E-state index in [0.29, 0.717) is 48.1 Å². The maximum Gasteiger partial charge on any atom is 0.263 e. The number of rotatable bonds is 11. The van der Waals surface area contributed by atoms with Gasteiger partial charge in [-0.25, -0.2) is 24.9 Å². The van der Waals surface area contributed by atoms with Crippen LogP contribution in [-0.2, 0) is 26.9 Å². The molecule has 0 aliphatic carbocycles. The fourth-order valence-corrected chi connectivity index (χ4v) is 8.29. The Labute approximate surface area is 340 Å². The van der Waals surface area contributed by atoms with Crippen molar-refractivity contribution in [3.05, 3.63) is 95.9 Å². The summed E-state index contributed by atoms with van der Waals surface area (Å²) in [5, 5.41) is 17.0. The van der Waals surface area contributed by atoms with Gasteiger partial charge in [0.1, 0.15) is 10.3 Å². The maximum absolute atomic E-state index is 12.4. The van der Waals surface area contributed by atoms with E-state index in [0.717, 1.165) is 65.5 Å². The molecule has 0 fully saturated rings. The number of hydrogen-bond acceptors (Lipinski definition) is 15. The monoisotopic (exact) mass is 815 g/mol. The van der Waals surface area contributed by atoms with Crippen LogP contribution in [0.2, 0.25) is 0 Å². The van der Waals surface area contributed by atoms with Crippen LogP contribution < -0.4 is 22.1 Å². The van der Waals surface area contributed by atoms with Crippen molar-refractivity contribution in [3.8, 4) is 22.5 Å². The first-order chi connectivity index (χ1) is 28.1. The minimum Gasteiger partial charge on any atom is -0.344 e. The molecule has 6 N–H and O–H groups in total. The molecule has 18 nitrogen and oxygen atoms in total. The molecule has 9 aromatic rings. The highest BCUT2D eigenvalue weighted by atomic mass is 32.1. The predicted octanol–water partition coefficient (Wildman–Crippen LogP) is 4.83. The maximum atomic E-state index is 12.4. The van der Waals surface area contributed by atoms with E-state index >= 15 is 0 Å². The number of imidazole rings is 2. The van der Waals surface area contributed by atoms with Gasteiger partial charge in [0.15, 0.2) is 22.9 Å². The molecule has 9 heterocycles. The number of carbonyl (C=O) groups excluding carboxylic acids is 1. The second-order valence-corrected chi connectivity index (χ2v) is 15.7. The van der Waals surface area contributed by atoms with Gasteiger partial charge in [-0.3, -0.25) is 27.9 Å². The van der Waals surface area contributed by atoms with E-state index in [1.807, 2.05) is 85.3 Å². The van der Waals surface area contributed by atoms with E-state index in [4.69, 9.17) is 21.4 Å². The zero-order chi connectivity index (χ0) is 40.5. The summed E-state index contributed by atoms with van der Waals surface area (Å²) in [6.07, 6.45) is 19.8. The Morgan fingerprint density at radius 3 is 1.74 bits per heavy atom. The Bertz CT molecular complexity index is 2860. The fourth-order valence-electron chi connectivity index (χ4n) is 6.34. The summed E-state index contributed by atoms with van der Waals surface area (Å²) in [5.74, 6) is 1.29. The lowest BCUT2D eigenvalue weighted by Crippen LogP contribution is -2.21. The predicted molar refractivity (Wildman–Crippen MR) is 227 cm³/mol. The van der Waals surface area contributed by atoms with Gasteiger partial charge in [-0.2, -0.15) is 10.2 Å². The van der Waals surface area contributed by atoms with Crippen molar-refractivity contribution in [2.75, 3.05) is 37.8 Å². The highest BCUT2D eigenvalue weighted by Crippen LogP contribution is 2.33. The second-order valence-electron chi connectivity index (χ2n) is 13.6. The van der Waals surface area contributed by atoms with Gasteiger partial charge in [0.05, 0.1) is 62.4 Å². The topological polar surface area (TPSA) is 218 Å². The zero-order valence-electron chi connectivity index (χ0n) is 32.4. The molecule has 0 saturated heterocycles. The van der Waals surface area contributed by atoms with E-state index in [1.54, 1.807) is 46.9 Å². The number of nitrogens with zero attached hydrogens (tertiary/aromatic N) is 13. The Balaban J connectivity index is 0.000000162. The number of nitrogens with one attached hydrogen (secondary N) is 2. The van der Waals surface area contributed by atoms with Crippen molar-refractivity contribution in [2.24, 2.45) is 25.6 Å². The average molecular weight is 816 g/mol. The fraction of sp³-hybridized carbons (Fsp3) is 0.237. The second kappa shape index (κ2) is 16.1. The van der Waals surface area contributed by atoms with Crippen molar-refractivity contribution >= 4 is 71.9 Å². The zero-order valence-corrected chi connectivity index (χ0v) is 34.1. The molecular weight excluding hydrogens is 775 g/mol. The SMILES string of the molecule is Cc1cc(Nc2nc(CCN)cn3c(-c4cnn(C)c4)cnc23)sc1C(=O)N(C)C.Cn1cc(-c2cnc3c(Nc4cc5nccnc5s4)nc(CCN)cn23)cn1. The van der Waals surface area contributed by atoms with Crippen LogP contribution in [0.4, 0.5) is 21.6 Å². The number of thiophene rings is 2. The van der Waals surface area contributed by atoms with Gasteiger partial charge >= 0.3 is 0 Å². The first-order valence-electron chi connectivity index (χ1n) is 18.3. The lowest BCUT2D eigenvalue weighted by Gasteiger charge is -2.10. The molecule has 1 amide bonds. The van der Waals surface area contributed by atoms with Crippen LogP contribution in [-0.4, -0.2) is 96.3 Å². The number of fused-ring (bicyclic) bond motifs is 3. The number of aromatic nitrogens is 12. The van der Waals surface area contributed by atoms with Crippen molar-refractivity contribution in [3.63, 3.8) is 0 Å². The minimum absolute atomic E-state index is 0.0137. The summed E-state index contributed by atoms with van der Waals surface area (Å²) in [6.45, 7) is 2.95. The molecule has 0 unspecified atom stereocenters. The van der Waals surface area contributed by atoms with Crippen LogP contribution in [0.1, 0.15) is 26.6 Å². The molecule has 0 atom stereocenters. The Morgan fingerprint density at radius 1 is 0.724 bits per heavy atom. The molecule has 9 rings (SSSR count).